The molecular formula is C9H13BrClN3. The number of nitrogens with one attached hydrogen (secondary N) is 1. The lowest BCUT2D eigenvalue weighted by Crippen LogP contribution is -2.07. The molecule has 3 nitrogen and oxygen atoms in total. The number of rotatable bonds is 5. The van der Waals surface area contributed by atoms with E-state index in [0.29, 0.717) is 5.02 Å². The van der Waals surface area contributed by atoms with E-state index >= 15 is 0 Å². The second kappa shape index (κ2) is 6.22. The molecular weight excluding hydrogens is 265 g/mol. The summed E-state index contributed by atoms with van der Waals surface area (Å²) >= 11 is 9.15. The quantitative estimate of drug-likeness (QED) is 0.814. The number of halogens is 2. The predicted molar refractivity (Wildman–Crippen MR) is 63.7 cm³/mol. The normalized spacial score (nSPS) is 10.2. The van der Waals surface area contributed by atoms with E-state index in [-0.39, 0.29) is 0 Å². The first kappa shape index (κ1) is 11.8. The summed E-state index contributed by atoms with van der Waals surface area (Å²) in [6.45, 7) is 1.61. The number of aromatic nitrogens is 1. The molecule has 1 heterocycles. The maximum absolute atomic E-state index is 5.76. The van der Waals surface area contributed by atoms with Crippen LogP contribution in [0.1, 0.15) is 12.8 Å². The Hall–Kier alpha value is -0.320. The van der Waals surface area contributed by atoms with Gasteiger partial charge in [-0.05, 0) is 41.4 Å². The van der Waals surface area contributed by atoms with Crippen LogP contribution in [0.3, 0.4) is 0 Å². The highest BCUT2D eigenvalue weighted by atomic mass is 79.9. The van der Waals surface area contributed by atoms with Gasteiger partial charge in [0.25, 0.3) is 0 Å². The lowest BCUT2D eigenvalue weighted by atomic mass is 10.3. The molecule has 0 atom stereocenters. The van der Waals surface area contributed by atoms with Gasteiger partial charge in [0, 0.05) is 12.7 Å². The summed E-state index contributed by atoms with van der Waals surface area (Å²) in [6.07, 6.45) is 3.70. The molecule has 78 valence electrons. The molecule has 1 rings (SSSR count). The average molecular weight is 279 g/mol. The van der Waals surface area contributed by atoms with Crippen LogP contribution in [-0.4, -0.2) is 18.1 Å². The van der Waals surface area contributed by atoms with Crippen molar-refractivity contribution in [2.45, 2.75) is 12.8 Å². The summed E-state index contributed by atoms with van der Waals surface area (Å²) in [4.78, 5) is 4.15. The third-order valence-corrected chi connectivity index (χ3v) is 2.54. The van der Waals surface area contributed by atoms with Crippen molar-refractivity contribution in [3.63, 3.8) is 0 Å². The number of nitrogens with two attached hydrogens (primary N) is 1. The van der Waals surface area contributed by atoms with Crippen LogP contribution in [0.15, 0.2) is 16.7 Å². The summed E-state index contributed by atoms with van der Waals surface area (Å²) in [5.41, 5.74) is 5.39. The molecule has 5 heteroatoms. The van der Waals surface area contributed by atoms with Gasteiger partial charge in [-0.1, -0.05) is 11.6 Å². The van der Waals surface area contributed by atoms with Gasteiger partial charge in [0.15, 0.2) is 0 Å². The van der Waals surface area contributed by atoms with Gasteiger partial charge in [0.05, 0.1) is 9.50 Å². The van der Waals surface area contributed by atoms with Gasteiger partial charge in [0.1, 0.15) is 5.82 Å². The van der Waals surface area contributed by atoms with E-state index in [1.807, 2.05) is 6.07 Å². The maximum Gasteiger partial charge on any atom is 0.140 e. The number of hydrogen-bond donors (Lipinski definition) is 2. The number of pyridine rings is 1. The van der Waals surface area contributed by atoms with Gasteiger partial charge in [-0.3, -0.25) is 0 Å². The minimum absolute atomic E-state index is 0.629. The monoisotopic (exact) mass is 277 g/mol. The van der Waals surface area contributed by atoms with Crippen molar-refractivity contribution in [1.29, 1.82) is 0 Å². The highest BCUT2D eigenvalue weighted by molar-refractivity contribution is 9.10. The average Bonchev–Trinajstić information content (AvgIpc) is 2.15. The Bertz CT molecular complexity index is 293. The Morgan fingerprint density at radius 3 is 2.93 bits per heavy atom. The Balaban J connectivity index is 2.42. The molecule has 14 heavy (non-hydrogen) atoms. The molecule has 1 aromatic rings. The van der Waals surface area contributed by atoms with Gasteiger partial charge in [-0.25, -0.2) is 4.98 Å². The van der Waals surface area contributed by atoms with Crippen LogP contribution in [-0.2, 0) is 0 Å². The Kier molecular flexibility index (Phi) is 5.22. The molecule has 0 bridgehead atoms. The molecule has 0 saturated heterocycles. The first-order chi connectivity index (χ1) is 6.74. The third kappa shape index (κ3) is 3.82. The smallest absolute Gasteiger partial charge is 0.140 e. The van der Waals surface area contributed by atoms with Gasteiger partial charge >= 0.3 is 0 Å². The molecule has 0 fully saturated rings. The van der Waals surface area contributed by atoms with Crippen molar-refractivity contribution in [3.05, 3.63) is 21.8 Å². The molecule has 0 saturated carbocycles. The minimum atomic E-state index is 0.629. The van der Waals surface area contributed by atoms with Gasteiger partial charge in [-0.2, -0.15) is 0 Å². The second-order valence-electron chi connectivity index (χ2n) is 2.91. The van der Waals surface area contributed by atoms with E-state index < -0.39 is 0 Å². The fraction of sp³-hybridized carbons (Fsp3) is 0.444. The summed E-state index contributed by atoms with van der Waals surface area (Å²) in [5, 5.41) is 3.83. The molecule has 0 spiro atoms. The first-order valence-corrected chi connectivity index (χ1v) is 5.66. The molecule has 3 N–H and O–H groups in total. The molecule has 0 aliphatic carbocycles. The SMILES string of the molecule is NCCCCNc1ncc(Cl)cc1Br. The van der Waals surface area contributed by atoms with Crippen LogP contribution in [0.4, 0.5) is 5.82 Å². The second-order valence-corrected chi connectivity index (χ2v) is 4.20. The summed E-state index contributed by atoms with van der Waals surface area (Å²) in [6, 6.07) is 1.82. The van der Waals surface area contributed by atoms with Crippen molar-refractivity contribution in [3.8, 4) is 0 Å². The fourth-order valence-electron chi connectivity index (χ4n) is 1.02. The molecule has 1 aromatic heterocycles. The van der Waals surface area contributed by atoms with E-state index in [4.69, 9.17) is 17.3 Å². The Labute approximate surface area is 97.2 Å². The molecule has 0 aliphatic heterocycles. The number of hydrogen-bond acceptors (Lipinski definition) is 3. The van der Waals surface area contributed by atoms with Gasteiger partial charge in [0.2, 0.25) is 0 Å². The van der Waals surface area contributed by atoms with Crippen LogP contribution < -0.4 is 11.1 Å². The minimum Gasteiger partial charge on any atom is -0.369 e. The molecule has 0 aromatic carbocycles. The van der Waals surface area contributed by atoms with Crippen LogP contribution in [0, 0.1) is 0 Å². The summed E-state index contributed by atoms with van der Waals surface area (Å²) in [5.74, 6) is 0.825. The molecule has 0 radical (unpaired) electrons. The number of nitrogens with zero attached hydrogens (tertiary/aromatic N) is 1. The molecule has 0 amide bonds. The van der Waals surface area contributed by atoms with Gasteiger partial charge in [-0.15, -0.1) is 0 Å². The van der Waals surface area contributed by atoms with Crippen LogP contribution >= 0.6 is 27.5 Å². The zero-order valence-corrected chi connectivity index (χ0v) is 10.1. The fourth-order valence-corrected chi connectivity index (χ4v) is 1.80. The lowest BCUT2D eigenvalue weighted by molar-refractivity contribution is 0.772. The zero-order valence-electron chi connectivity index (χ0n) is 7.76. The zero-order chi connectivity index (χ0) is 10.4. The molecule has 0 aliphatic rings. The van der Waals surface area contributed by atoms with Crippen LogP contribution in [0.25, 0.3) is 0 Å². The molecule has 0 unspecified atom stereocenters. The Morgan fingerprint density at radius 2 is 2.29 bits per heavy atom. The standard InChI is InChI=1S/C9H13BrClN3/c10-8-5-7(11)6-14-9(8)13-4-2-1-3-12/h5-6H,1-4,12H2,(H,13,14). The lowest BCUT2D eigenvalue weighted by Gasteiger charge is -2.06. The van der Waals surface area contributed by atoms with Crippen molar-refractivity contribution < 1.29 is 0 Å². The van der Waals surface area contributed by atoms with Crippen molar-refractivity contribution in [1.82, 2.24) is 4.98 Å². The highest BCUT2D eigenvalue weighted by Gasteiger charge is 2.00. The topological polar surface area (TPSA) is 50.9 Å². The first-order valence-electron chi connectivity index (χ1n) is 4.49. The highest BCUT2D eigenvalue weighted by Crippen LogP contribution is 2.22. The number of anilines is 1. The summed E-state index contributed by atoms with van der Waals surface area (Å²) in [7, 11) is 0. The van der Waals surface area contributed by atoms with Gasteiger partial charge < -0.3 is 11.1 Å². The van der Waals surface area contributed by atoms with Crippen molar-refractivity contribution >= 4 is 33.3 Å². The van der Waals surface area contributed by atoms with E-state index in [9.17, 15) is 0 Å². The van der Waals surface area contributed by atoms with Crippen LogP contribution in [0.2, 0.25) is 5.02 Å². The Morgan fingerprint density at radius 1 is 1.50 bits per heavy atom. The van der Waals surface area contributed by atoms with Crippen molar-refractivity contribution in [2.24, 2.45) is 5.73 Å². The predicted octanol–water partition coefficient (Wildman–Crippen LogP) is 2.65. The van der Waals surface area contributed by atoms with Crippen LogP contribution in [0.5, 0.6) is 0 Å². The van der Waals surface area contributed by atoms with E-state index in [1.54, 1.807) is 6.20 Å². The van der Waals surface area contributed by atoms with E-state index in [2.05, 4.69) is 26.2 Å². The number of unbranched alkanes of at least 4 members (excludes halogenated alkanes) is 1. The summed E-state index contributed by atoms with van der Waals surface area (Å²) < 4.78 is 0.887. The van der Waals surface area contributed by atoms with E-state index in [1.165, 1.54) is 0 Å². The third-order valence-electron chi connectivity index (χ3n) is 1.73. The maximum atomic E-state index is 5.76. The largest absolute Gasteiger partial charge is 0.369 e. The van der Waals surface area contributed by atoms with Crippen molar-refractivity contribution in [2.75, 3.05) is 18.4 Å². The van der Waals surface area contributed by atoms with E-state index in [0.717, 1.165) is 36.2 Å².